The van der Waals surface area contributed by atoms with Crippen molar-refractivity contribution in [1.82, 2.24) is 9.38 Å². The monoisotopic (exact) mass is 175 g/mol. The Bertz CT molecular complexity index is 372. The second-order valence-corrected chi connectivity index (χ2v) is 3.15. The van der Waals surface area contributed by atoms with Crippen molar-refractivity contribution in [2.24, 2.45) is 5.73 Å². The van der Waals surface area contributed by atoms with Crippen LogP contribution in [-0.2, 0) is 0 Å². The van der Waals surface area contributed by atoms with Crippen molar-refractivity contribution in [2.45, 2.75) is 19.4 Å². The topological polar surface area (TPSA) is 43.3 Å². The van der Waals surface area contributed by atoms with E-state index < -0.39 is 0 Å². The molecule has 3 heteroatoms. The van der Waals surface area contributed by atoms with Gasteiger partial charge in [-0.15, -0.1) is 0 Å². The Kier molecular flexibility index (Phi) is 2.02. The van der Waals surface area contributed by atoms with Gasteiger partial charge in [-0.05, 0) is 18.6 Å². The fraction of sp³-hybridized carbons (Fsp3) is 0.300. The van der Waals surface area contributed by atoms with Crippen LogP contribution >= 0.6 is 0 Å². The summed E-state index contributed by atoms with van der Waals surface area (Å²) in [6, 6.07) is 5.99. The summed E-state index contributed by atoms with van der Waals surface area (Å²) in [4.78, 5) is 4.42. The normalized spacial score (nSPS) is 13.4. The molecular formula is C10H13N3. The van der Waals surface area contributed by atoms with Crippen LogP contribution in [0.1, 0.15) is 25.1 Å². The molecule has 13 heavy (non-hydrogen) atoms. The molecule has 0 aromatic carbocycles. The van der Waals surface area contributed by atoms with Crippen LogP contribution in [-0.4, -0.2) is 9.38 Å². The maximum absolute atomic E-state index is 5.88. The van der Waals surface area contributed by atoms with Crippen LogP contribution in [0.15, 0.2) is 30.6 Å². The SMILES string of the molecule is CC[C@H](N)c1cn2ccccc2n1. The average Bonchev–Trinajstić information content (AvgIpc) is 2.59. The lowest BCUT2D eigenvalue weighted by molar-refractivity contribution is 0.680. The van der Waals surface area contributed by atoms with Gasteiger partial charge in [-0.3, -0.25) is 0 Å². The molecule has 0 saturated heterocycles. The van der Waals surface area contributed by atoms with E-state index >= 15 is 0 Å². The molecule has 68 valence electrons. The average molecular weight is 175 g/mol. The van der Waals surface area contributed by atoms with E-state index in [-0.39, 0.29) is 6.04 Å². The summed E-state index contributed by atoms with van der Waals surface area (Å²) < 4.78 is 1.99. The Balaban J connectivity index is 2.49. The number of imidazole rings is 1. The number of hydrogen-bond donors (Lipinski definition) is 1. The van der Waals surface area contributed by atoms with E-state index in [4.69, 9.17) is 5.73 Å². The van der Waals surface area contributed by atoms with Crippen LogP contribution in [0.4, 0.5) is 0 Å². The van der Waals surface area contributed by atoms with E-state index in [9.17, 15) is 0 Å². The highest BCUT2D eigenvalue weighted by atomic mass is 15.0. The molecule has 0 saturated carbocycles. The molecule has 1 atom stereocenters. The van der Waals surface area contributed by atoms with Crippen LogP contribution in [0.5, 0.6) is 0 Å². The number of nitrogens with zero attached hydrogens (tertiary/aromatic N) is 2. The van der Waals surface area contributed by atoms with Gasteiger partial charge in [-0.1, -0.05) is 13.0 Å². The molecule has 0 aliphatic heterocycles. The zero-order valence-corrected chi connectivity index (χ0v) is 7.64. The number of fused-ring (bicyclic) bond motifs is 1. The van der Waals surface area contributed by atoms with Gasteiger partial charge in [-0.2, -0.15) is 0 Å². The second kappa shape index (κ2) is 3.18. The number of nitrogens with two attached hydrogens (primary N) is 1. The number of aromatic nitrogens is 2. The van der Waals surface area contributed by atoms with Crippen LogP contribution in [0, 0.1) is 0 Å². The molecule has 3 nitrogen and oxygen atoms in total. The van der Waals surface area contributed by atoms with Crippen LogP contribution < -0.4 is 5.73 Å². The summed E-state index contributed by atoms with van der Waals surface area (Å²) in [5, 5.41) is 0. The van der Waals surface area contributed by atoms with E-state index in [1.807, 2.05) is 35.0 Å². The smallest absolute Gasteiger partial charge is 0.137 e. The first-order valence-electron chi connectivity index (χ1n) is 4.50. The van der Waals surface area contributed by atoms with E-state index in [0.717, 1.165) is 17.8 Å². The Hall–Kier alpha value is -1.35. The van der Waals surface area contributed by atoms with Gasteiger partial charge in [-0.25, -0.2) is 4.98 Å². The van der Waals surface area contributed by atoms with Gasteiger partial charge in [0.05, 0.1) is 5.69 Å². The van der Waals surface area contributed by atoms with E-state index in [2.05, 4.69) is 11.9 Å². The van der Waals surface area contributed by atoms with Crippen molar-refractivity contribution in [3.63, 3.8) is 0 Å². The first-order valence-corrected chi connectivity index (χ1v) is 4.50. The van der Waals surface area contributed by atoms with E-state index in [0.29, 0.717) is 0 Å². The fourth-order valence-corrected chi connectivity index (χ4v) is 1.34. The Morgan fingerprint density at radius 2 is 2.38 bits per heavy atom. The van der Waals surface area contributed by atoms with Crippen LogP contribution in [0.3, 0.4) is 0 Å². The highest BCUT2D eigenvalue weighted by Crippen LogP contribution is 2.13. The van der Waals surface area contributed by atoms with Gasteiger partial charge in [0, 0.05) is 18.4 Å². The predicted molar refractivity (Wildman–Crippen MR) is 52.4 cm³/mol. The van der Waals surface area contributed by atoms with E-state index in [1.165, 1.54) is 0 Å². The Morgan fingerprint density at radius 3 is 3.08 bits per heavy atom. The molecule has 0 unspecified atom stereocenters. The highest BCUT2D eigenvalue weighted by Gasteiger charge is 2.07. The van der Waals surface area contributed by atoms with Gasteiger partial charge in [0.25, 0.3) is 0 Å². The lowest BCUT2D eigenvalue weighted by Gasteiger charge is -2.01. The summed E-state index contributed by atoms with van der Waals surface area (Å²) in [5.74, 6) is 0. The number of hydrogen-bond acceptors (Lipinski definition) is 2. The van der Waals surface area contributed by atoms with Crippen molar-refractivity contribution in [3.8, 4) is 0 Å². The third-order valence-electron chi connectivity index (χ3n) is 2.20. The Morgan fingerprint density at radius 1 is 1.54 bits per heavy atom. The van der Waals surface area contributed by atoms with Gasteiger partial charge in [0.1, 0.15) is 5.65 Å². The molecule has 0 fully saturated rings. The summed E-state index contributed by atoms with van der Waals surface area (Å²) in [5.41, 5.74) is 7.81. The Labute approximate surface area is 77.2 Å². The molecule has 2 rings (SSSR count). The zero-order chi connectivity index (χ0) is 9.26. The summed E-state index contributed by atoms with van der Waals surface area (Å²) in [6.07, 6.45) is 4.89. The standard InChI is InChI=1S/C10H13N3/c1-2-8(11)9-7-13-6-4-3-5-10(13)12-9/h3-8H,2,11H2,1H3/t8-/m0/s1. The third kappa shape index (κ3) is 1.42. The quantitative estimate of drug-likeness (QED) is 0.755. The third-order valence-corrected chi connectivity index (χ3v) is 2.20. The minimum Gasteiger partial charge on any atom is -0.323 e. The maximum Gasteiger partial charge on any atom is 0.137 e. The van der Waals surface area contributed by atoms with Crippen molar-refractivity contribution in [1.29, 1.82) is 0 Å². The maximum atomic E-state index is 5.88. The molecule has 0 aliphatic rings. The zero-order valence-electron chi connectivity index (χ0n) is 7.64. The largest absolute Gasteiger partial charge is 0.323 e. The van der Waals surface area contributed by atoms with Gasteiger partial charge in [0.15, 0.2) is 0 Å². The van der Waals surface area contributed by atoms with Crippen LogP contribution in [0.25, 0.3) is 5.65 Å². The van der Waals surface area contributed by atoms with Crippen molar-refractivity contribution >= 4 is 5.65 Å². The van der Waals surface area contributed by atoms with Crippen molar-refractivity contribution in [3.05, 3.63) is 36.3 Å². The highest BCUT2D eigenvalue weighted by molar-refractivity contribution is 5.39. The molecule has 0 amide bonds. The second-order valence-electron chi connectivity index (χ2n) is 3.15. The van der Waals surface area contributed by atoms with Crippen LogP contribution in [0.2, 0.25) is 0 Å². The number of pyridine rings is 1. The fourth-order valence-electron chi connectivity index (χ4n) is 1.34. The molecule has 2 heterocycles. The summed E-state index contributed by atoms with van der Waals surface area (Å²) in [7, 11) is 0. The van der Waals surface area contributed by atoms with Gasteiger partial charge < -0.3 is 10.1 Å². The lowest BCUT2D eigenvalue weighted by Crippen LogP contribution is -2.08. The molecule has 0 bridgehead atoms. The minimum absolute atomic E-state index is 0.0555. The molecule has 2 aromatic heterocycles. The molecule has 2 N–H and O–H groups in total. The first-order chi connectivity index (χ1) is 6.31. The number of rotatable bonds is 2. The summed E-state index contributed by atoms with van der Waals surface area (Å²) >= 11 is 0. The molecule has 0 spiro atoms. The predicted octanol–water partition coefficient (Wildman–Crippen LogP) is 1.74. The minimum atomic E-state index is 0.0555. The molecule has 2 aromatic rings. The first kappa shape index (κ1) is 8.26. The van der Waals surface area contributed by atoms with Gasteiger partial charge >= 0.3 is 0 Å². The molecule has 0 aliphatic carbocycles. The lowest BCUT2D eigenvalue weighted by atomic mass is 10.2. The summed E-state index contributed by atoms with van der Waals surface area (Å²) in [6.45, 7) is 2.06. The van der Waals surface area contributed by atoms with Gasteiger partial charge in [0.2, 0.25) is 0 Å². The molecular weight excluding hydrogens is 162 g/mol. The molecule has 0 radical (unpaired) electrons. The van der Waals surface area contributed by atoms with Crippen molar-refractivity contribution < 1.29 is 0 Å². The van der Waals surface area contributed by atoms with E-state index in [1.54, 1.807) is 0 Å². The van der Waals surface area contributed by atoms with Crippen molar-refractivity contribution in [2.75, 3.05) is 0 Å².